The van der Waals surface area contributed by atoms with Crippen molar-refractivity contribution >= 4 is 0 Å². The van der Waals surface area contributed by atoms with E-state index in [-0.39, 0.29) is 18.3 Å². The van der Waals surface area contributed by atoms with Crippen LogP contribution in [0.25, 0.3) is 0 Å². The molecule has 0 amide bonds. The first-order valence-corrected chi connectivity index (χ1v) is 11.8. The monoisotopic (exact) mass is 400 g/mol. The van der Waals surface area contributed by atoms with E-state index in [9.17, 15) is 5.11 Å². The number of hydrogen-bond acceptors (Lipinski definition) is 5. The van der Waals surface area contributed by atoms with Gasteiger partial charge in [-0.2, -0.15) is 0 Å². The minimum Gasteiger partial charge on any atom is -0.388 e. The Hall–Kier alpha value is -0.200. The van der Waals surface area contributed by atoms with Gasteiger partial charge in [0.1, 0.15) is 18.3 Å². The van der Waals surface area contributed by atoms with Gasteiger partial charge in [-0.1, -0.05) is 77.6 Å². The Bertz CT molecular complexity index is 414. The summed E-state index contributed by atoms with van der Waals surface area (Å²) in [6, 6.07) is 0. The fraction of sp³-hybridized carbons (Fsp3) is 1.00. The van der Waals surface area contributed by atoms with Crippen molar-refractivity contribution in [3.8, 4) is 0 Å². The maximum absolute atomic E-state index is 10.3. The summed E-state index contributed by atoms with van der Waals surface area (Å²) in [5.41, 5.74) is 0. The number of aliphatic hydroxyl groups excluding tert-OH is 1. The maximum atomic E-state index is 10.3. The first-order chi connectivity index (χ1) is 13.4. The molecule has 2 aliphatic heterocycles. The molecule has 0 aromatic rings. The highest BCUT2D eigenvalue weighted by Crippen LogP contribution is 2.37. The van der Waals surface area contributed by atoms with E-state index in [2.05, 4.69) is 6.92 Å². The molecule has 0 aromatic carbocycles. The number of aliphatic hydroxyl groups is 1. The third-order valence-electron chi connectivity index (χ3n) is 5.88. The van der Waals surface area contributed by atoms with Gasteiger partial charge >= 0.3 is 0 Å². The van der Waals surface area contributed by atoms with Gasteiger partial charge in [-0.25, -0.2) is 0 Å². The Balaban J connectivity index is 1.49. The van der Waals surface area contributed by atoms with Crippen LogP contribution in [-0.4, -0.2) is 48.2 Å². The van der Waals surface area contributed by atoms with Gasteiger partial charge in [0.15, 0.2) is 12.1 Å². The molecule has 0 aliphatic carbocycles. The fourth-order valence-electron chi connectivity index (χ4n) is 4.21. The molecule has 2 rings (SSSR count). The number of hydrogen-bond donors (Lipinski definition) is 1. The third kappa shape index (κ3) is 7.91. The first kappa shape index (κ1) is 24.1. The van der Waals surface area contributed by atoms with Crippen molar-refractivity contribution in [3.05, 3.63) is 0 Å². The summed E-state index contributed by atoms with van der Waals surface area (Å²) in [6.07, 6.45) is 13.7. The van der Waals surface area contributed by atoms with Gasteiger partial charge in [-0.05, 0) is 27.2 Å². The molecule has 5 atom stereocenters. The van der Waals surface area contributed by atoms with Crippen LogP contribution in [0.3, 0.4) is 0 Å². The number of rotatable bonds is 14. The lowest BCUT2D eigenvalue weighted by molar-refractivity contribution is -0.271. The minimum absolute atomic E-state index is 0.314. The Labute approximate surface area is 172 Å². The fourth-order valence-corrected chi connectivity index (χ4v) is 4.21. The first-order valence-electron chi connectivity index (χ1n) is 11.8. The molecule has 0 radical (unpaired) electrons. The van der Waals surface area contributed by atoms with Crippen LogP contribution in [0.15, 0.2) is 0 Å². The van der Waals surface area contributed by atoms with Gasteiger partial charge < -0.3 is 24.1 Å². The molecular weight excluding hydrogens is 356 g/mol. The zero-order valence-electron chi connectivity index (χ0n) is 18.7. The number of unbranched alkanes of at least 4 members (excludes halogenated alkanes) is 11. The molecule has 0 saturated carbocycles. The Morgan fingerprint density at radius 2 is 1.29 bits per heavy atom. The van der Waals surface area contributed by atoms with Crippen molar-refractivity contribution in [2.24, 2.45) is 0 Å². The second-order valence-corrected chi connectivity index (χ2v) is 9.02. The molecule has 2 heterocycles. The molecule has 0 unspecified atom stereocenters. The lowest BCUT2D eigenvalue weighted by Crippen LogP contribution is -2.56. The van der Waals surface area contributed by atoms with Crippen molar-refractivity contribution in [3.63, 3.8) is 0 Å². The molecule has 28 heavy (non-hydrogen) atoms. The zero-order chi connectivity index (χ0) is 20.4. The van der Waals surface area contributed by atoms with E-state index < -0.39 is 18.2 Å². The van der Waals surface area contributed by atoms with Gasteiger partial charge in [0.25, 0.3) is 0 Å². The summed E-state index contributed by atoms with van der Waals surface area (Å²) >= 11 is 0. The molecule has 0 bridgehead atoms. The van der Waals surface area contributed by atoms with Crippen molar-refractivity contribution in [1.82, 2.24) is 0 Å². The molecule has 2 saturated heterocycles. The van der Waals surface area contributed by atoms with E-state index in [1.807, 2.05) is 20.8 Å². The van der Waals surface area contributed by atoms with Crippen molar-refractivity contribution in [1.29, 1.82) is 0 Å². The van der Waals surface area contributed by atoms with Gasteiger partial charge in [-0.3, -0.25) is 0 Å². The normalized spacial score (nSPS) is 31.8. The molecule has 1 N–H and O–H groups in total. The molecule has 2 aliphatic rings. The van der Waals surface area contributed by atoms with Crippen LogP contribution in [0.2, 0.25) is 0 Å². The van der Waals surface area contributed by atoms with Gasteiger partial charge in [0, 0.05) is 6.61 Å². The Kier molecular flexibility index (Phi) is 10.7. The largest absolute Gasteiger partial charge is 0.388 e. The zero-order valence-corrected chi connectivity index (χ0v) is 18.7. The molecule has 5 nitrogen and oxygen atoms in total. The van der Waals surface area contributed by atoms with Crippen molar-refractivity contribution in [2.75, 3.05) is 6.61 Å². The third-order valence-corrected chi connectivity index (χ3v) is 5.88. The Morgan fingerprint density at radius 3 is 1.86 bits per heavy atom. The average Bonchev–Trinajstić information content (AvgIpc) is 2.99. The van der Waals surface area contributed by atoms with Crippen LogP contribution in [0, 0.1) is 0 Å². The van der Waals surface area contributed by atoms with Crippen LogP contribution < -0.4 is 0 Å². The van der Waals surface area contributed by atoms with Gasteiger partial charge in [0.05, 0.1) is 6.10 Å². The van der Waals surface area contributed by atoms with Crippen molar-refractivity contribution in [2.45, 2.75) is 141 Å². The standard InChI is InChI=1S/C23H44O5/c1-5-6-7-8-9-10-11-12-13-14-15-16-17-25-22-21-20(19(24)18(2)26-22)27-23(3,4)28-21/h18-22,24H,5-17H2,1-4H3/t18-,19-,20+,21+,22+/m0/s1. The molecular formula is C23H44O5. The lowest BCUT2D eigenvalue weighted by atomic mass is 10.00. The van der Waals surface area contributed by atoms with Gasteiger partial charge in [0.2, 0.25) is 0 Å². The van der Waals surface area contributed by atoms with Gasteiger partial charge in [-0.15, -0.1) is 0 Å². The average molecular weight is 401 g/mol. The van der Waals surface area contributed by atoms with E-state index in [0.29, 0.717) is 6.61 Å². The van der Waals surface area contributed by atoms with Crippen LogP contribution in [-0.2, 0) is 18.9 Å². The smallest absolute Gasteiger partial charge is 0.186 e. The summed E-state index contributed by atoms with van der Waals surface area (Å²) in [4.78, 5) is 0. The van der Waals surface area contributed by atoms with E-state index in [4.69, 9.17) is 18.9 Å². The van der Waals surface area contributed by atoms with Crippen LogP contribution in [0.5, 0.6) is 0 Å². The topological polar surface area (TPSA) is 57.2 Å². The highest BCUT2D eigenvalue weighted by Gasteiger charge is 2.54. The number of ether oxygens (including phenoxy) is 4. The molecule has 5 heteroatoms. The van der Waals surface area contributed by atoms with Crippen molar-refractivity contribution < 1.29 is 24.1 Å². The summed E-state index contributed by atoms with van der Waals surface area (Å²) < 4.78 is 23.6. The molecule has 2 fully saturated rings. The van der Waals surface area contributed by atoms with E-state index >= 15 is 0 Å². The van der Waals surface area contributed by atoms with E-state index in [1.165, 1.54) is 70.6 Å². The lowest BCUT2D eigenvalue weighted by Gasteiger charge is -2.38. The maximum Gasteiger partial charge on any atom is 0.186 e. The molecule has 0 spiro atoms. The second kappa shape index (κ2) is 12.5. The SMILES string of the molecule is CCCCCCCCCCCCCCO[C@@H]1O[C@@H](C)[C@H](O)[C@H]2OC(C)(C)O[C@@H]12. The van der Waals surface area contributed by atoms with Crippen LogP contribution in [0.1, 0.15) is 105 Å². The van der Waals surface area contributed by atoms with Crippen LogP contribution >= 0.6 is 0 Å². The predicted molar refractivity (Wildman–Crippen MR) is 111 cm³/mol. The van der Waals surface area contributed by atoms with E-state index in [0.717, 1.165) is 6.42 Å². The summed E-state index contributed by atoms with van der Waals surface area (Å²) in [5, 5.41) is 10.3. The Morgan fingerprint density at radius 1 is 0.786 bits per heavy atom. The van der Waals surface area contributed by atoms with E-state index in [1.54, 1.807) is 0 Å². The highest BCUT2D eigenvalue weighted by atomic mass is 16.8. The van der Waals surface area contributed by atoms with Crippen LogP contribution in [0.4, 0.5) is 0 Å². The number of fused-ring (bicyclic) bond motifs is 1. The molecule has 166 valence electrons. The molecule has 0 aromatic heterocycles. The minimum atomic E-state index is -0.707. The predicted octanol–water partition coefficient (Wildman–Crippen LogP) is 5.33. The second-order valence-electron chi connectivity index (χ2n) is 9.02. The quantitative estimate of drug-likeness (QED) is 0.399. The highest BCUT2D eigenvalue weighted by molar-refractivity contribution is 4.94. The summed E-state index contributed by atoms with van der Waals surface area (Å²) in [6.45, 7) is 8.52. The summed E-state index contributed by atoms with van der Waals surface area (Å²) in [7, 11) is 0. The summed E-state index contributed by atoms with van der Waals surface area (Å²) in [5.74, 6) is -0.707.